The third-order valence-electron chi connectivity index (χ3n) is 3.72. The van der Waals surface area contributed by atoms with Gasteiger partial charge in [-0.15, -0.1) is 0 Å². The van der Waals surface area contributed by atoms with Gasteiger partial charge in [0.2, 0.25) is 5.89 Å². The molecule has 0 saturated carbocycles. The Balaban J connectivity index is 1.82. The van der Waals surface area contributed by atoms with Gasteiger partial charge < -0.3 is 9.63 Å². The molecule has 0 aliphatic heterocycles. The van der Waals surface area contributed by atoms with E-state index in [2.05, 4.69) is 28.3 Å². The van der Waals surface area contributed by atoms with Gasteiger partial charge in [-0.3, -0.25) is 4.79 Å². The van der Waals surface area contributed by atoms with E-state index in [1.165, 1.54) is 11.1 Å². The minimum atomic E-state index is -0.854. The van der Waals surface area contributed by atoms with Crippen LogP contribution in [-0.4, -0.2) is 21.2 Å². The molecule has 0 radical (unpaired) electrons. The molecular weight excluding hydrogens is 256 g/mol. The Hall–Kier alpha value is -2.17. The molecule has 1 aromatic carbocycles. The van der Waals surface area contributed by atoms with Gasteiger partial charge >= 0.3 is 5.97 Å². The van der Waals surface area contributed by atoms with Crippen molar-refractivity contribution >= 4 is 5.97 Å². The standard InChI is InChI=1S/C15H16N2O3/c18-14(19)9-8-13-16-15(17-20-13)12-7-3-5-10-4-1-2-6-11(10)12/h1-2,4,6,12H,3,5,7-9H2,(H,18,19). The molecule has 0 bridgehead atoms. The zero-order chi connectivity index (χ0) is 13.9. The molecule has 5 nitrogen and oxygen atoms in total. The van der Waals surface area contributed by atoms with Gasteiger partial charge in [0.15, 0.2) is 5.82 Å². The molecule has 0 spiro atoms. The Morgan fingerprint density at radius 2 is 2.25 bits per heavy atom. The number of fused-ring (bicyclic) bond motifs is 1. The number of benzene rings is 1. The van der Waals surface area contributed by atoms with Gasteiger partial charge in [-0.25, -0.2) is 0 Å². The van der Waals surface area contributed by atoms with Crippen LogP contribution in [0.3, 0.4) is 0 Å². The molecule has 2 aromatic rings. The molecule has 3 rings (SSSR count). The molecule has 1 aliphatic rings. The first-order valence-electron chi connectivity index (χ1n) is 6.86. The SMILES string of the molecule is O=C(O)CCc1nc(C2CCCc3ccccc32)no1. The zero-order valence-corrected chi connectivity index (χ0v) is 11.1. The van der Waals surface area contributed by atoms with Crippen molar-refractivity contribution < 1.29 is 14.4 Å². The number of hydrogen-bond acceptors (Lipinski definition) is 4. The largest absolute Gasteiger partial charge is 0.481 e. The summed E-state index contributed by atoms with van der Waals surface area (Å²) in [7, 11) is 0. The number of carboxylic acids is 1. The van der Waals surface area contributed by atoms with Crippen molar-refractivity contribution in [3.05, 3.63) is 47.1 Å². The highest BCUT2D eigenvalue weighted by atomic mass is 16.5. The van der Waals surface area contributed by atoms with Crippen LogP contribution < -0.4 is 0 Å². The summed E-state index contributed by atoms with van der Waals surface area (Å²) in [6.07, 6.45) is 3.52. The summed E-state index contributed by atoms with van der Waals surface area (Å²) < 4.78 is 5.16. The summed E-state index contributed by atoms with van der Waals surface area (Å²) in [5, 5.41) is 12.7. The number of nitrogens with zero attached hydrogens (tertiary/aromatic N) is 2. The summed E-state index contributed by atoms with van der Waals surface area (Å²) in [4.78, 5) is 14.9. The molecule has 104 valence electrons. The van der Waals surface area contributed by atoms with Crippen LogP contribution in [0, 0.1) is 0 Å². The summed E-state index contributed by atoms with van der Waals surface area (Å²) in [6.45, 7) is 0. The molecule has 1 atom stereocenters. The lowest BCUT2D eigenvalue weighted by atomic mass is 9.82. The maximum Gasteiger partial charge on any atom is 0.303 e. The van der Waals surface area contributed by atoms with E-state index in [-0.39, 0.29) is 18.8 Å². The van der Waals surface area contributed by atoms with Crippen molar-refractivity contribution in [2.45, 2.75) is 38.0 Å². The minimum Gasteiger partial charge on any atom is -0.481 e. The zero-order valence-electron chi connectivity index (χ0n) is 11.1. The summed E-state index contributed by atoms with van der Waals surface area (Å²) in [5.74, 6) is 0.401. The number of rotatable bonds is 4. The number of hydrogen-bond donors (Lipinski definition) is 1. The van der Waals surface area contributed by atoms with Crippen molar-refractivity contribution in [3.8, 4) is 0 Å². The van der Waals surface area contributed by atoms with E-state index in [1.807, 2.05) is 6.07 Å². The van der Waals surface area contributed by atoms with Crippen LogP contribution in [0.25, 0.3) is 0 Å². The topological polar surface area (TPSA) is 76.2 Å². The van der Waals surface area contributed by atoms with Crippen LogP contribution in [0.15, 0.2) is 28.8 Å². The molecule has 1 aromatic heterocycles. The maximum atomic E-state index is 10.6. The van der Waals surface area contributed by atoms with Gasteiger partial charge in [-0.2, -0.15) is 4.98 Å². The molecule has 1 heterocycles. The van der Waals surface area contributed by atoms with E-state index in [1.54, 1.807) is 0 Å². The van der Waals surface area contributed by atoms with Gasteiger partial charge in [-0.1, -0.05) is 29.4 Å². The highest BCUT2D eigenvalue weighted by Gasteiger charge is 2.25. The molecule has 0 fully saturated rings. The van der Waals surface area contributed by atoms with Crippen molar-refractivity contribution in [2.75, 3.05) is 0 Å². The summed E-state index contributed by atoms with van der Waals surface area (Å²) in [5.41, 5.74) is 2.62. The number of carbonyl (C=O) groups is 1. The first-order chi connectivity index (χ1) is 9.74. The van der Waals surface area contributed by atoms with E-state index in [0.29, 0.717) is 11.7 Å². The van der Waals surface area contributed by atoms with Crippen LogP contribution in [-0.2, 0) is 17.6 Å². The highest BCUT2D eigenvalue weighted by molar-refractivity contribution is 5.66. The van der Waals surface area contributed by atoms with Gasteiger partial charge in [0.1, 0.15) is 0 Å². The van der Waals surface area contributed by atoms with Crippen molar-refractivity contribution in [2.24, 2.45) is 0 Å². The molecule has 1 unspecified atom stereocenters. The maximum absolute atomic E-state index is 10.6. The van der Waals surface area contributed by atoms with Crippen molar-refractivity contribution in [3.63, 3.8) is 0 Å². The smallest absolute Gasteiger partial charge is 0.303 e. The second-order valence-electron chi connectivity index (χ2n) is 5.08. The van der Waals surface area contributed by atoms with E-state index < -0.39 is 5.97 Å². The number of aryl methyl sites for hydroxylation is 2. The average Bonchev–Trinajstić information content (AvgIpc) is 2.93. The van der Waals surface area contributed by atoms with Crippen LogP contribution in [0.2, 0.25) is 0 Å². The van der Waals surface area contributed by atoms with E-state index in [4.69, 9.17) is 9.63 Å². The third-order valence-corrected chi connectivity index (χ3v) is 3.72. The Kier molecular flexibility index (Phi) is 3.50. The normalized spacial score (nSPS) is 17.7. The molecule has 20 heavy (non-hydrogen) atoms. The van der Waals surface area contributed by atoms with Gasteiger partial charge in [-0.05, 0) is 30.4 Å². The fourth-order valence-corrected chi connectivity index (χ4v) is 2.75. The fraction of sp³-hybridized carbons (Fsp3) is 0.400. The Bertz CT molecular complexity index is 621. The van der Waals surface area contributed by atoms with E-state index >= 15 is 0 Å². The number of aliphatic carboxylic acids is 1. The average molecular weight is 272 g/mol. The predicted octanol–water partition coefficient (Wildman–Crippen LogP) is 2.56. The van der Waals surface area contributed by atoms with Crippen molar-refractivity contribution in [1.82, 2.24) is 10.1 Å². The molecule has 5 heteroatoms. The minimum absolute atomic E-state index is 0.0168. The Morgan fingerprint density at radius 3 is 3.10 bits per heavy atom. The van der Waals surface area contributed by atoms with Crippen molar-refractivity contribution in [1.29, 1.82) is 0 Å². The molecule has 1 aliphatic carbocycles. The van der Waals surface area contributed by atoms with Gasteiger partial charge in [0.25, 0.3) is 0 Å². The lowest BCUT2D eigenvalue weighted by molar-refractivity contribution is -0.137. The number of aromatic nitrogens is 2. The first kappa shape index (κ1) is 12.8. The van der Waals surface area contributed by atoms with Crippen LogP contribution in [0.1, 0.15) is 48.0 Å². The highest BCUT2D eigenvalue weighted by Crippen LogP contribution is 2.35. The third kappa shape index (κ3) is 2.57. The quantitative estimate of drug-likeness (QED) is 0.925. The molecule has 0 saturated heterocycles. The second-order valence-corrected chi connectivity index (χ2v) is 5.08. The second kappa shape index (κ2) is 5.45. The van der Waals surface area contributed by atoms with Crippen LogP contribution in [0.4, 0.5) is 0 Å². The fourth-order valence-electron chi connectivity index (χ4n) is 2.75. The molecule has 1 N–H and O–H groups in total. The summed E-state index contributed by atoms with van der Waals surface area (Å²) in [6, 6.07) is 8.34. The lowest BCUT2D eigenvalue weighted by Crippen LogP contribution is -2.12. The first-order valence-corrected chi connectivity index (χ1v) is 6.86. The van der Waals surface area contributed by atoms with E-state index in [9.17, 15) is 4.79 Å². The predicted molar refractivity (Wildman–Crippen MR) is 71.5 cm³/mol. The summed E-state index contributed by atoms with van der Waals surface area (Å²) >= 11 is 0. The monoisotopic (exact) mass is 272 g/mol. The Labute approximate surface area is 116 Å². The molecular formula is C15H16N2O3. The van der Waals surface area contributed by atoms with E-state index in [0.717, 1.165) is 19.3 Å². The van der Waals surface area contributed by atoms with Gasteiger partial charge in [0, 0.05) is 12.3 Å². The van der Waals surface area contributed by atoms with Crippen LogP contribution in [0.5, 0.6) is 0 Å². The lowest BCUT2D eigenvalue weighted by Gasteiger charge is -2.22. The van der Waals surface area contributed by atoms with Crippen LogP contribution >= 0.6 is 0 Å². The van der Waals surface area contributed by atoms with Gasteiger partial charge in [0.05, 0.1) is 6.42 Å². The Morgan fingerprint density at radius 1 is 1.40 bits per heavy atom. The molecule has 0 amide bonds. The number of carboxylic acid groups (broad SMARTS) is 1.